The van der Waals surface area contributed by atoms with Crippen LogP contribution < -0.4 is 15.4 Å². The van der Waals surface area contributed by atoms with Crippen molar-refractivity contribution >= 4 is 34.8 Å². The van der Waals surface area contributed by atoms with Gasteiger partial charge in [-0.05, 0) is 49.4 Å². The zero-order valence-electron chi connectivity index (χ0n) is 17.7. The lowest BCUT2D eigenvalue weighted by atomic mass is 10.2. The van der Waals surface area contributed by atoms with Crippen LogP contribution in [-0.4, -0.2) is 31.4 Å². The zero-order valence-corrected chi connectivity index (χ0v) is 18.5. The third kappa shape index (κ3) is 5.21. The number of carbonyl (C=O) groups is 2. The SMILES string of the molecule is CCn1nccc1C(=O)Nc1cccc(NC(=O)c2ccnn2COc2ccccc2Cl)c1. The molecule has 0 radical (unpaired) electrons. The van der Waals surface area contributed by atoms with Gasteiger partial charge in [0.15, 0.2) is 6.73 Å². The molecule has 2 heterocycles. The van der Waals surface area contributed by atoms with Crippen LogP contribution in [0.5, 0.6) is 5.75 Å². The van der Waals surface area contributed by atoms with Crippen molar-refractivity contribution in [3.05, 3.63) is 89.5 Å². The van der Waals surface area contributed by atoms with E-state index in [1.807, 2.05) is 6.92 Å². The molecule has 0 saturated carbocycles. The lowest BCUT2D eigenvalue weighted by molar-refractivity contribution is 0.0998. The number of para-hydroxylation sites is 1. The number of rotatable bonds is 8. The summed E-state index contributed by atoms with van der Waals surface area (Å²) in [5.74, 6) is -0.163. The Balaban J connectivity index is 1.42. The quantitative estimate of drug-likeness (QED) is 0.405. The van der Waals surface area contributed by atoms with E-state index >= 15 is 0 Å². The van der Waals surface area contributed by atoms with Gasteiger partial charge in [0.1, 0.15) is 17.1 Å². The van der Waals surface area contributed by atoms with Gasteiger partial charge in [-0.1, -0.05) is 29.8 Å². The Morgan fingerprint density at radius 2 is 1.48 bits per heavy atom. The first-order valence-corrected chi connectivity index (χ1v) is 10.6. The third-order valence-electron chi connectivity index (χ3n) is 4.76. The van der Waals surface area contributed by atoms with Gasteiger partial charge in [0, 0.05) is 30.3 Å². The number of aryl methyl sites for hydroxylation is 1. The third-order valence-corrected chi connectivity index (χ3v) is 5.07. The first kappa shape index (κ1) is 22.1. The maximum atomic E-state index is 12.8. The van der Waals surface area contributed by atoms with Crippen molar-refractivity contribution in [1.29, 1.82) is 0 Å². The number of nitrogens with zero attached hydrogens (tertiary/aromatic N) is 4. The maximum Gasteiger partial charge on any atom is 0.274 e. The van der Waals surface area contributed by atoms with Gasteiger partial charge in [0.25, 0.3) is 11.8 Å². The molecule has 0 bridgehead atoms. The Hall–Kier alpha value is -4.11. The standard InChI is InChI=1S/C23H21ClN6O3/c1-2-29-19(10-12-25-29)22(31)27-16-6-5-7-17(14-16)28-23(32)20-11-13-26-30(20)15-33-21-9-4-3-8-18(21)24/h3-14H,2,15H2,1H3,(H,27,31)(H,28,32). The minimum absolute atomic E-state index is 0.0146. The molecule has 0 atom stereocenters. The fourth-order valence-electron chi connectivity index (χ4n) is 3.16. The lowest BCUT2D eigenvalue weighted by Crippen LogP contribution is -2.20. The van der Waals surface area contributed by atoms with E-state index in [1.165, 1.54) is 10.9 Å². The number of benzene rings is 2. The molecular formula is C23H21ClN6O3. The van der Waals surface area contributed by atoms with Crippen LogP contribution in [-0.2, 0) is 13.3 Å². The molecule has 2 N–H and O–H groups in total. The van der Waals surface area contributed by atoms with Gasteiger partial charge in [0.2, 0.25) is 0 Å². The maximum absolute atomic E-state index is 12.8. The van der Waals surface area contributed by atoms with Crippen LogP contribution in [0, 0.1) is 0 Å². The molecule has 4 aromatic rings. The summed E-state index contributed by atoms with van der Waals surface area (Å²) in [7, 11) is 0. The minimum atomic E-state index is -0.372. The molecule has 0 aliphatic heterocycles. The first-order chi connectivity index (χ1) is 16.0. The average molecular weight is 465 g/mol. The summed E-state index contributed by atoms with van der Waals surface area (Å²) < 4.78 is 8.70. The Kier molecular flexibility index (Phi) is 6.70. The van der Waals surface area contributed by atoms with Gasteiger partial charge < -0.3 is 15.4 Å². The number of hydrogen-bond donors (Lipinski definition) is 2. The zero-order chi connectivity index (χ0) is 23.2. The highest BCUT2D eigenvalue weighted by Gasteiger charge is 2.15. The Morgan fingerprint density at radius 1 is 0.879 bits per heavy atom. The van der Waals surface area contributed by atoms with Crippen molar-refractivity contribution in [2.45, 2.75) is 20.2 Å². The highest BCUT2D eigenvalue weighted by Crippen LogP contribution is 2.23. The van der Waals surface area contributed by atoms with Gasteiger partial charge in [-0.25, -0.2) is 4.68 Å². The van der Waals surface area contributed by atoms with Gasteiger partial charge >= 0.3 is 0 Å². The fraction of sp³-hybridized carbons (Fsp3) is 0.130. The molecule has 0 aliphatic rings. The number of amides is 2. The first-order valence-electron chi connectivity index (χ1n) is 10.2. The molecule has 0 saturated heterocycles. The predicted octanol–water partition coefficient (Wildman–Crippen LogP) is 4.29. The molecule has 0 unspecified atom stereocenters. The number of carbonyl (C=O) groups excluding carboxylic acids is 2. The number of anilines is 2. The number of aromatic nitrogens is 4. The van der Waals surface area contributed by atoms with Crippen LogP contribution >= 0.6 is 11.6 Å². The Morgan fingerprint density at radius 3 is 2.12 bits per heavy atom. The second-order valence-corrected chi connectivity index (χ2v) is 7.35. The van der Waals surface area contributed by atoms with E-state index in [0.717, 1.165) is 0 Å². The predicted molar refractivity (Wildman–Crippen MR) is 125 cm³/mol. The minimum Gasteiger partial charge on any atom is -0.470 e. The number of halogens is 1. The summed E-state index contributed by atoms with van der Waals surface area (Å²) in [6.07, 6.45) is 3.09. The van der Waals surface area contributed by atoms with Gasteiger partial charge in [0.05, 0.1) is 5.02 Å². The normalized spacial score (nSPS) is 10.6. The highest BCUT2D eigenvalue weighted by molar-refractivity contribution is 6.32. The Bertz CT molecular complexity index is 1280. The summed E-state index contributed by atoms with van der Waals surface area (Å²) >= 11 is 6.11. The van der Waals surface area contributed by atoms with Crippen molar-refractivity contribution in [3.63, 3.8) is 0 Å². The molecule has 2 amide bonds. The number of ether oxygens (including phenoxy) is 1. The topological polar surface area (TPSA) is 103 Å². The van der Waals surface area contributed by atoms with Gasteiger partial charge in [-0.2, -0.15) is 10.2 Å². The largest absolute Gasteiger partial charge is 0.470 e. The lowest BCUT2D eigenvalue weighted by Gasteiger charge is -2.12. The monoisotopic (exact) mass is 464 g/mol. The van der Waals surface area contributed by atoms with Crippen molar-refractivity contribution < 1.29 is 14.3 Å². The summed E-state index contributed by atoms with van der Waals surface area (Å²) in [5.41, 5.74) is 1.82. The van der Waals surface area contributed by atoms with Gasteiger partial charge in [-0.3, -0.25) is 14.3 Å². The number of nitrogens with one attached hydrogen (secondary N) is 2. The second-order valence-electron chi connectivity index (χ2n) is 6.94. The van der Waals surface area contributed by atoms with E-state index in [0.29, 0.717) is 40.1 Å². The second kappa shape index (κ2) is 10.0. The van der Waals surface area contributed by atoms with E-state index in [1.54, 1.807) is 71.5 Å². The van der Waals surface area contributed by atoms with Gasteiger partial charge in [-0.15, -0.1) is 0 Å². The smallest absolute Gasteiger partial charge is 0.274 e. The molecule has 4 rings (SSSR count). The molecule has 2 aromatic heterocycles. The van der Waals surface area contributed by atoms with E-state index < -0.39 is 0 Å². The molecule has 0 spiro atoms. The van der Waals surface area contributed by atoms with Crippen molar-refractivity contribution in [1.82, 2.24) is 19.6 Å². The van der Waals surface area contributed by atoms with E-state index in [4.69, 9.17) is 16.3 Å². The van der Waals surface area contributed by atoms with Crippen LogP contribution in [0.2, 0.25) is 5.02 Å². The van der Waals surface area contributed by atoms with E-state index in [9.17, 15) is 9.59 Å². The van der Waals surface area contributed by atoms with Crippen molar-refractivity contribution in [2.24, 2.45) is 0 Å². The van der Waals surface area contributed by atoms with Crippen LogP contribution in [0.4, 0.5) is 11.4 Å². The molecule has 33 heavy (non-hydrogen) atoms. The van der Waals surface area contributed by atoms with Crippen LogP contribution in [0.1, 0.15) is 27.9 Å². The molecule has 2 aromatic carbocycles. The molecule has 0 aliphatic carbocycles. The molecule has 9 nitrogen and oxygen atoms in total. The summed E-state index contributed by atoms with van der Waals surface area (Å²) in [6.45, 7) is 2.50. The summed E-state index contributed by atoms with van der Waals surface area (Å²) in [4.78, 5) is 25.4. The molecule has 10 heteroatoms. The molecule has 168 valence electrons. The van der Waals surface area contributed by atoms with E-state index in [2.05, 4.69) is 20.8 Å². The fourth-order valence-corrected chi connectivity index (χ4v) is 3.35. The summed E-state index contributed by atoms with van der Waals surface area (Å²) in [6, 6.07) is 17.2. The highest BCUT2D eigenvalue weighted by atomic mass is 35.5. The Labute approximate surface area is 194 Å². The molecular weight excluding hydrogens is 444 g/mol. The number of hydrogen-bond acceptors (Lipinski definition) is 5. The van der Waals surface area contributed by atoms with E-state index in [-0.39, 0.29) is 18.5 Å². The average Bonchev–Trinajstić information content (AvgIpc) is 3.48. The van der Waals surface area contributed by atoms with Crippen LogP contribution in [0.15, 0.2) is 73.1 Å². The van der Waals surface area contributed by atoms with Crippen molar-refractivity contribution in [2.75, 3.05) is 10.6 Å². The summed E-state index contributed by atoms with van der Waals surface area (Å²) in [5, 5.41) is 14.4. The van der Waals surface area contributed by atoms with Crippen LogP contribution in [0.25, 0.3) is 0 Å². The molecule has 0 fully saturated rings. The van der Waals surface area contributed by atoms with Crippen molar-refractivity contribution in [3.8, 4) is 5.75 Å². The van der Waals surface area contributed by atoms with Crippen LogP contribution in [0.3, 0.4) is 0 Å².